The van der Waals surface area contributed by atoms with Crippen molar-refractivity contribution in [2.45, 2.75) is 18.7 Å². The van der Waals surface area contributed by atoms with Gasteiger partial charge in [0.25, 0.3) is 0 Å². The molecule has 160 valence electrons. The van der Waals surface area contributed by atoms with Crippen LogP contribution in [0.4, 0.5) is 14.5 Å². The Kier molecular flexibility index (Phi) is 7.44. The Hall–Kier alpha value is -2.45. The van der Waals surface area contributed by atoms with Crippen molar-refractivity contribution in [1.29, 1.82) is 0 Å². The van der Waals surface area contributed by atoms with Gasteiger partial charge in [-0.3, -0.25) is 14.5 Å². The number of hydrogen-bond acceptors (Lipinski definition) is 4. The Morgan fingerprint density at radius 1 is 1.07 bits per heavy atom. The number of aryl methyl sites for hydroxylation is 1. The van der Waals surface area contributed by atoms with Crippen LogP contribution in [-0.4, -0.2) is 60.1 Å². The Morgan fingerprint density at radius 3 is 2.50 bits per heavy atom. The number of hydrogen-bond donors (Lipinski definition) is 1. The van der Waals surface area contributed by atoms with E-state index in [4.69, 9.17) is 0 Å². The summed E-state index contributed by atoms with van der Waals surface area (Å²) < 4.78 is 26.7. The smallest absolute Gasteiger partial charge is 0.238 e. The van der Waals surface area contributed by atoms with Crippen molar-refractivity contribution in [3.05, 3.63) is 59.2 Å². The van der Waals surface area contributed by atoms with Crippen molar-refractivity contribution < 1.29 is 18.4 Å². The third-order valence-corrected chi connectivity index (χ3v) is 6.25. The highest BCUT2D eigenvalue weighted by Gasteiger charge is 2.23. The highest BCUT2D eigenvalue weighted by atomic mass is 32.2. The summed E-state index contributed by atoms with van der Waals surface area (Å²) in [6.07, 6.45) is 0. The van der Waals surface area contributed by atoms with Crippen LogP contribution in [0.3, 0.4) is 0 Å². The van der Waals surface area contributed by atoms with Gasteiger partial charge in [0.15, 0.2) is 0 Å². The highest BCUT2D eigenvalue weighted by molar-refractivity contribution is 8.00. The van der Waals surface area contributed by atoms with Crippen LogP contribution in [0, 0.1) is 25.5 Å². The molecule has 0 aliphatic carbocycles. The predicted octanol–water partition coefficient (Wildman–Crippen LogP) is 3.46. The number of piperazine rings is 1. The maximum absolute atomic E-state index is 13.7. The third kappa shape index (κ3) is 5.79. The first-order valence-electron chi connectivity index (χ1n) is 9.77. The molecule has 0 spiro atoms. The molecule has 0 aromatic heterocycles. The van der Waals surface area contributed by atoms with Gasteiger partial charge in [-0.1, -0.05) is 12.1 Å². The quantitative estimate of drug-likeness (QED) is 0.709. The average Bonchev–Trinajstić information content (AvgIpc) is 2.71. The Morgan fingerprint density at radius 2 is 1.80 bits per heavy atom. The summed E-state index contributed by atoms with van der Waals surface area (Å²) >= 11 is 1.06. The Labute approximate surface area is 179 Å². The van der Waals surface area contributed by atoms with E-state index in [0.717, 1.165) is 34.6 Å². The molecule has 5 nitrogen and oxygen atoms in total. The third-order valence-electron chi connectivity index (χ3n) is 5.22. The number of nitrogens with zero attached hydrogens (tertiary/aromatic N) is 2. The molecule has 0 radical (unpaired) electrons. The molecule has 3 rings (SSSR count). The fourth-order valence-electron chi connectivity index (χ4n) is 3.26. The van der Waals surface area contributed by atoms with Crippen LogP contribution in [0.1, 0.15) is 11.1 Å². The zero-order valence-corrected chi connectivity index (χ0v) is 17.9. The van der Waals surface area contributed by atoms with Gasteiger partial charge in [0.1, 0.15) is 11.6 Å². The number of rotatable bonds is 6. The molecule has 0 atom stereocenters. The number of anilines is 1. The van der Waals surface area contributed by atoms with E-state index in [0.29, 0.717) is 26.2 Å². The first kappa shape index (κ1) is 22.2. The summed E-state index contributed by atoms with van der Waals surface area (Å²) in [5.41, 5.74) is 2.99. The minimum absolute atomic E-state index is 0.0779. The van der Waals surface area contributed by atoms with Crippen molar-refractivity contribution in [3.8, 4) is 0 Å². The molecule has 1 fully saturated rings. The van der Waals surface area contributed by atoms with Gasteiger partial charge < -0.3 is 10.2 Å². The second-order valence-corrected chi connectivity index (χ2v) is 8.33. The van der Waals surface area contributed by atoms with Crippen molar-refractivity contribution >= 4 is 29.3 Å². The summed E-state index contributed by atoms with van der Waals surface area (Å²) in [4.78, 5) is 28.8. The van der Waals surface area contributed by atoms with E-state index in [2.05, 4.69) is 5.32 Å². The van der Waals surface area contributed by atoms with Crippen molar-refractivity contribution in [1.82, 2.24) is 9.80 Å². The van der Waals surface area contributed by atoms with Gasteiger partial charge in [-0.15, -0.1) is 11.8 Å². The van der Waals surface area contributed by atoms with Crippen molar-refractivity contribution in [2.75, 3.05) is 43.8 Å². The highest BCUT2D eigenvalue weighted by Crippen LogP contribution is 2.23. The number of carbonyl (C=O) groups excluding carboxylic acids is 2. The molecule has 1 saturated heterocycles. The largest absolute Gasteiger partial charge is 0.339 e. The van der Waals surface area contributed by atoms with Gasteiger partial charge in [-0.05, 0) is 43.2 Å². The lowest BCUT2D eigenvalue weighted by molar-refractivity contribution is -0.130. The number of benzene rings is 2. The number of nitrogens with one attached hydrogen (secondary N) is 1. The molecule has 0 bridgehead atoms. The minimum atomic E-state index is -0.660. The summed E-state index contributed by atoms with van der Waals surface area (Å²) in [7, 11) is 0. The van der Waals surface area contributed by atoms with Crippen LogP contribution in [-0.2, 0) is 9.59 Å². The normalized spacial score (nSPS) is 14.6. The first-order valence-corrected chi connectivity index (χ1v) is 10.8. The molecule has 1 aliphatic rings. The second kappa shape index (κ2) is 10.0. The minimum Gasteiger partial charge on any atom is -0.339 e. The van der Waals surface area contributed by atoms with Gasteiger partial charge in [0.2, 0.25) is 11.8 Å². The molecule has 1 heterocycles. The van der Waals surface area contributed by atoms with E-state index < -0.39 is 11.6 Å². The summed E-state index contributed by atoms with van der Waals surface area (Å²) in [5, 5.41) is 2.95. The number of thioether (sulfide) groups is 1. The van der Waals surface area contributed by atoms with Gasteiger partial charge in [0.05, 0.1) is 12.3 Å². The topological polar surface area (TPSA) is 52.7 Å². The van der Waals surface area contributed by atoms with E-state index in [1.807, 2.05) is 36.9 Å². The lowest BCUT2D eigenvalue weighted by Gasteiger charge is -2.34. The van der Waals surface area contributed by atoms with Gasteiger partial charge in [0, 0.05) is 42.8 Å². The van der Waals surface area contributed by atoms with Crippen LogP contribution in [0.5, 0.6) is 0 Å². The van der Waals surface area contributed by atoms with E-state index in [1.54, 1.807) is 4.90 Å². The van der Waals surface area contributed by atoms with E-state index in [1.165, 1.54) is 12.1 Å². The molecular weight excluding hydrogens is 408 g/mol. The van der Waals surface area contributed by atoms with Crippen LogP contribution < -0.4 is 5.32 Å². The molecule has 0 saturated carbocycles. The first-order chi connectivity index (χ1) is 14.3. The maximum Gasteiger partial charge on any atom is 0.238 e. The fraction of sp³-hybridized carbons (Fsp3) is 0.364. The SMILES string of the molecule is Cc1cccc(NC(=O)CN2CCN(C(=O)CSc3ccc(F)cc3F)CC2)c1C. The van der Waals surface area contributed by atoms with Crippen LogP contribution in [0.2, 0.25) is 0 Å². The molecule has 2 aromatic carbocycles. The molecule has 1 N–H and O–H groups in total. The van der Waals surface area contributed by atoms with Crippen LogP contribution in [0.25, 0.3) is 0 Å². The number of halogens is 2. The molecule has 2 amide bonds. The molecule has 2 aromatic rings. The van der Waals surface area contributed by atoms with E-state index >= 15 is 0 Å². The number of carbonyl (C=O) groups is 2. The summed E-state index contributed by atoms with van der Waals surface area (Å²) in [5.74, 6) is -1.38. The van der Waals surface area contributed by atoms with Crippen molar-refractivity contribution in [2.24, 2.45) is 0 Å². The molecule has 1 aliphatic heterocycles. The predicted molar refractivity (Wildman–Crippen MR) is 115 cm³/mol. The zero-order chi connectivity index (χ0) is 21.7. The summed E-state index contributed by atoms with van der Waals surface area (Å²) in [6, 6.07) is 9.14. The average molecular weight is 434 g/mol. The monoisotopic (exact) mass is 433 g/mol. The van der Waals surface area contributed by atoms with Gasteiger partial charge in [-0.25, -0.2) is 8.78 Å². The standard InChI is InChI=1S/C22H25F2N3O2S/c1-15-4-3-5-19(16(15)2)25-21(28)13-26-8-10-27(11-9-26)22(29)14-30-20-7-6-17(23)12-18(20)24/h3-7,12H,8-11,13-14H2,1-2H3,(H,25,28). The molecule has 0 unspecified atom stereocenters. The lowest BCUT2D eigenvalue weighted by atomic mass is 10.1. The fourth-order valence-corrected chi connectivity index (χ4v) is 4.08. The van der Waals surface area contributed by atoms with Crippen LogP contribution in [0.15, 0.2) is 41.3 Å². The number of amides is 2. The van der Waals surface area contributed by atoms with Gasteiger partial charge in [-0.2, -0.15) is 0 Å². The van der Waals surface area contributed by atoms with E-state index in [-0.39, 0.29) is 29.0 Å². The second-order valence-electron chi connectivity index (χ2n) is 7.32. The Balaban J connectivity index is 1.43. The molecule has 8 heteroatoms. The van der Waals surface area contributed by atoms with Gasteiger partial charge >= 0.3 is 0 Å². The molecular formula is C22H25F2N3O2S. The van der Waals surface area contributed by atoms with E-state index in [9.17, 15) is 18.4 Å². The van der Waals surface area contributed by atoms with Crippen LogP contribution >= 0.6 is 11.8 Å². The lowest BCUT2D eigenvalue weighted by Crippen LogP contribution is -2.50. The van der Waals surface area contributed by atoms with Crippen molar-refractivity contribution in [3.63, 3.8) is 0 Å². The summed E-state index contributed by atoms with van der Waals surface area (Å²) in [6.45, 7) is 6.48. The molecule has 30 heavy (non-hydrogen) atoms. The maximum atomic E-state index is 13.7. The Bertz CT molecular complexity index is 931. The zero-order valence-electron chi connectivity index (χ0n) is 17.1.